The molecular formula is C18H21ClN2O5S. The largest absolute Gasteiger partial charge is 0.495 e. The van der Waals surface area contributed by atoms with Crippen molar-refractivity contribution in [2.75, 3.05) is 26.1 Å². The fourth-order valence-electron chi connectivity index (χ4n) is 2.31. The van der Waals surface area contributed by atoms with E-state index in [1.807, 2.05) is 6.92 Å². The zero-order valence-corrected chi connectivity index (χ0v) is 16.8. The van der Waals surface area contributed by atoms with Gasteiger partial charge in [0.1, 0.15) is 16.4 Å². The fourth-order valence-corrected chi connectivity index (χ4v) is 3.81. The minimum Gasteiger partial charge on any atom is -0.495 e. The lowest BCUT2D eigenvalue weighted by Gasteiger charge is -2.13. The van der Waals surface area contributed by atoms with Crippen LogP contribution in [0.25, 0.3) is 0 Å². The number of carbonyl (C=O) groups is 1. The number of amides is 1. The van der Waals surface area contributed by atoms with Gasteiger partial charge in [-0.2, -0.15) is 0 Å². The first-order chi connectivity index (χ1) is 12.8. The van der Waals surface area contributed by atoms with Crippen molar-refractivity contribution in [2.24, 2.45) is 0 Å². The topological polar surface area (TPSA) is 93.7 Å². The van der Waals surface area contributed by atoms with Crippen LogP contribution in [0.1, 0.15) is 23.7 Å². The van der Waals surface area contributed by atoms with E-state index in [0.29, 0.717) is 22.9 Å². The van der Waals surface area contributed by atoms with E-state index in [1.54, 1.807) is 18.2 Å². The molecule has 27 heavy (non-hydrogen) atoms. The van der Waals surface area contributed by atoms with Crippen molar-refractivity contribution < 1.29 is 22.7 Å². The van der Waals surface area contributed by atoms with Crippen molar-refractivity contribution in [3.8, 4) is 11.5 Å². The molecule has 0 atom stereocenters. The van der Waals surface area contributed by atoms with Gasteiger partial charge >= 0.3 is 0 Å². The van der Waals surface area contributed by atoms with E-state index >= 15 is 0 Å². The lowest BCUT2D eigenvalue weighted by atomic mass is 10.2. The van der Waals surface area contributed by atoms with Gasteiger partial charge in [0.15, 0.2) is 0 Å². The van der Waals surface area contributed by atoms with Crippen LogP contribution in [0.3, 0.4) is 0 Å². The van der Waals surface area contributed by atoms with Crippen LogP contribution >= 0.6 is 11.6 Å². The average molecular weight is 413 g/mol. The smallest absolute Gasteiger partial charge is 0.255 e. The molecule has 2 N–H and O–H groups in total. The van der Waals surface area contributed by atoms with Crippen LogP contribution in [-0.2, 0) is 10.0 Å². The third kappa shape index (κ3) is 5.12. The van der Waals surface area contributed by atoms with E-state index < -0.39 is 15.9 Å². The molecule has 2 aromatic rings. The number of halogens is 1. The van der Waals surface area contributed by atoms with Crippen molar-refractivity contribution in [1.29, 1.82) is 0 Å². The van der Waals surface area contributed by atoms with Crippen molar-refractivity contribution in [3.05, 3.63) is 47.0 Å². The molecule has 2 rings (SSSR count). The third-order valence-corrected chi connectivity index (χ3v) is 5.38. The third-order valence-electron chi connectivity index (χ3n) is 3.67. The second kappa shape index (κ2) is 9.07. The summed E-state index contributed by atoms with van der Waals surface area (Å²) in [5.41, 5.74) is 0.522. The molecule has 2 aromatic carbocycles. The van der Waals surface area contributed by atoms with Crippen LogP contribution in [-0.4, -0.2) is 35.1 Å². The summed E-state index contributed by atoms with van der Waals surface area (Å²) in [5, 5.41) is 3.10. The molecule has 0 aromatic heterocycles. The Kier molecular flexibility index (Phi) is 7.06. The molecule has 0 aliphatic heterocycles. The summed E-state index contributed by atoms with van der Waals surface area (Å²) >= 11 is 5.97. The first-order valence-electron chi connectivity index (χ1n) is 8.15. The molecular weight excluding hydrogens is 392 g/mol. The maximum absolute atomic E-state index is 12.6. The number of ether oxygens (including phenoxy) is 2. The molecule has 0 aliphatic carbocycles. The number of benzene rings is 2. The highest BCUT2D eigenvalue weighted by molar-refractivity contribution is 7.89. The minimum absolute atomic E-state index is 0.107. The van der Waals surface area contributed by atoms with E-state index in [2.05, 4.69) is 10.0 Å². The lowest BCUT2D eigenvalue weighted by Crippen LogP contribution is -2.25. The van der Waals surface area contributed by atoms with Crippen LogP contribution in [0.5, 0.6) is 11.5 Å². The summed E-state index contributed by atoms with van der Waals surface area (Å²) < 4.78 is 37.8. The number of anilines is 1. The van der Waals surface area contributed by atoms with Gasteiger partial charge in [-0.15, -0.1) is 0 Å². The Morgan fingerprint density at radius 1 is 1.07 bits per heavy atom. The predicted molar refractivity (Wildman–Crippen MR) is 104 cm³/mol. The lowest BCUT2D eigenvalue weighted by molar-refractivity contribution is 0.102. The molecule has 146 valence electrons. The molecule has 0 fully saturated rings. The average Bonchev–Trinajstić information content (AvgIpc) is 2.66. The number of hydrogen-bond acceptors (Lipinski definition) is 5. The molecule has 0 saturated heterocycles. The molecule has 0 bridgehead atoms. The van der Waals surface area contributed by atoms with Crippen LogP contribution in [0.2, 0.25) is 5.02 Å². The molecule has 0 spiro atoms. The monoisotopic (exact) mass is 412 g/mol. The van der Waals surface area contributed by atoms with E-state index in [1.165, 1.54) is 32.4 Å². The summed E-state index contributed by atoms with van der Waals surface area (Å²) in [6, 6.07) is 8.98. The molecule has 0 saturated carbocycles. The molecule has 7 nitrogen and oxygen atoms in total. The molecule has 1 amide bonds. The van der Waals surface area contributed by atoms with E-state index in [-0.39, 0.29) is 22.8 Å². The van der Waals surface area contributed by atoms with E-state index in [9.17, 15) is 13.2 Å². The molecule has 0 unspecified atom stereocenters. The van der Waals surface area contributed by atoms with Gasteiger partial charge in [-0.05, 0) is 42.8 Å². The van der Waals surface area contributed by atoms with Crippen LogP contribution in [0.4, 0.5) is 5.69 Å². The van der Waals surface area contributed by atoms with Gasteiger partial charge in [-0.3, -0.25) is 4.79 Å². The predicted octanol–water partition coefficient (Wildman–Crippen LogP) is 3.30. The Labute approximate surface area is 163 Å². The number of carbonyl (C=O) groups excluding carboxylic acids is 1. The maximum atomic E-state index is 12.6. The van der Waals surface area contributed by atoms with Crippen LogP contribution in [0.15, 0.2) is 41.3 Å². The van der Waals surface area contributed by atoms with Gasteiger partial charge in [0.2, 0.25) is 10.0 Å². The van der Waals surface area contributed by atoms with Gasteiger partial charge < -0.3 is 14.8 Å². The SMILES string of the molecule is CCCNS(=O)(=O)c1cc(C(=O)Nc2cc(Cl)ccc2OC)ccc1OC. The van der Waals surface area contributed by atoms with E-state index in [4.69, 9.17) is 21.1 Å². The summed E-state index contributed by atoms with van der Waals surface area (Å²) in [6.07, 6.45) is 0.635. The summed E-state index contributed by atoms with van der Waals surface area (Å²) in [6.45, 7) is 2.13. The van der Waals surface area contributed by atoms with Crippen molar-refractivity contribution in [1.82, 2.24) is 4.72 Å². The second-order valence-corrected chi connectivity index (χ2v) is 7.73. The zero-order valence-electron chi connectivity index (χ0n) is 15.2. The van der Waals surface area contributed by atoms with Crippen molar-refractivity contribution >= 4 is 33.2 Å². The highest BCUT2D eigenvalue weighted by Crippen LogP contribution is 2.29. The van der Waals surface area contributed by atoms with Crippen LogP contribution < -0.4 is 19.5 Å². The van der Waals surface area contributed by atoms with Gasteiger partial charge in [-0.1, -0.05) is 18.5 Å². The molecule has 0 radical (unpaired) electrons. The molecule has 0 aliphatic rings. The van der Waals surface area contributed by atoms with Crippen molar-refractivity contribution in [2.45, 2.75) is 18.2 Å². The fraction of sp³-hybridized carbons (Fsp3) is 0.278. The normalized spacial score (nSPS) is 11.1. The Bertz CT molecular complexity index is 931. The maximum Gasteiger partial charge on any atom is 0.255 e. The first-order valence-corrected chi connectivity index (χ1v) is 10.0. The standard InChI is InChI=1S/C18H21ClN2O5S/c1-4-9-20-27(23,24)17-10-12(5-7-16(17)26-3)18(22)21-14-11-13(19)6-8-15(14)25-2/h5-8,10-11,20H,4,9H2,1-3H3,(H,21,22). The number of hydrogen-bond donors (Lipinski definition) is 2. The Balaban J connectivity index is 2.38. The van der Waals surface area contributed by atoms with Crippen LogP contribution in [0, 0.1) is 0 Å². The molecule has 0 heterocycles. The highest BCUT2D eigenvalue weighted by atomic mass is 35.5. The first kappa shape index (κ1) is 21.0. The van der Waals surface area contributed by atoms with Gasteiger partial charge in [-0.25, -0.2) is 13.1 Å². The van der Waals surface area contributed by atoms with Gasteiger partial charge in [0, 0.05) is 17.1 Å². The minimum atomic E-state index is -3.81. The summed E-state index contributed by atoms with van der Waals surface area (Å²) in [4.78, 5) is 12.5. The highest BCUT2D eigenvalue weighted by Gasteiger charge is 2.21. The Morgan fingerprint density at radius 3 is 2.37 bits per heavy atom. The van der Waals surface area contributed by atoms with Crippen molar-refractivity contribution in [3.63, 3.8) is 0 Å². The second-order valence-electron chi connectivity index (χ2n) is 5.56. The zero-order chi connectivity index (χ0) is 20.0. The molecule has 9 heteroatoms. The number of nitrogens with one attached hydrogen (secondary N) is 2. The Hall–Kier alpha value is -2.29. The quantitative estimate of drug-likeness (QED) is 0.693. The number of methoxy groups -OCH3 is 2. The number of sulfonamides is 1. The van der Waals surface area contributed by atoms with E-state index in [0.717, 1.165) is 0 Å². The van der Waals surface area contributed by atoms with Gasteiger partial charge in [0.25, 0.3) is 5.91 Å². The summed E-state index contributed by atoms with van der Waals surface area (Å²) in [7, 11) is -0.980. The van der Waals surface area contributed by atoms with Gasteiger partial charge in [0.05, 0.1) is 19.9 Å². The summed E-state index contributed by atoms with van der Waals surface area (Å²) in [5.74, 6) is 0.0689. The number of rotatable bonds is 8. The Morgan fingerprint density at radius 2 is 1.74 bits per heavy atom.